The lowest BCUT2D eigenvalue weighted by atomic mass is 10.2. The van der Waals surface area contributed by atoms with E-state index in [1.54, 1.807) is 0 Å². The molecule has 0 N–H and O–H groups in total. The topological polar surface area (TPSA) is 9.72 Å². The molecule has 3 nitrogen and oxygen atoms in total. The number of benzene rings is 2. The second kappa shape index (κ2) is 8.84. The average molecular weight is 335 g/mol. The Morgan fingerprint density at radius 3 is 2.12 bits per heavy atom. The summed E-state index contributed by atoms with van der Waals surface area (Å²) in [7, 11) is 4.14. The molecule has 1 aliphatic heterocycles. The maximum absolute atomic E-state index is 2.55. The summed E-state index contributed by atoms with van der Waals surface area (Å²) in [4.78, 5) is 7.21. The van der Waals surface area contributed by atoms with Gasteiger partial charge in [0, 0.05) is 59.1 Å². The third-order valence-electron chi connectivity index (χ3n) is 4.80. The number of piperazine rings is 1. The van der Waals surface area contributed by atoms with E-state index in [2.05, 4.69) is 95.5 Å². The maximum atomic E-state index is 2.55. The smallest absolute Gasteiger partial charge is 0.0361 e. The van der Waals surface area contributed by atoms with Gasteiger partial charge in [-0.25, -0.2) is 0 Å². The molecule has 3 heteroatoms. The van der Waals surface area contributed by atoms with E-state index in [-0.39, 0.29) is 0 Å². The number of nitrogens with zero attached hydrogens (tertiary/aromatic N) is 3. The van der Waals surface area contributed by atoms with Gasteiger partial charge in [-0.1, -0.05) is 54.6 Å². The van der Waals surface area contributed by atoms with E-state index in [1.165, 1.54) is 16.8 Å². The normalized spacial score (nSPS) is 16.4. The molecular formula is C22H29N3. The number of hydrogen-bond donors (Lipinski definition) is 0. The van der Waals surface area contributed by atoms with E-state index in [0.29, 0.717) is 0 Å². The molecule has 0 atom stereocenters. The highest BCUT2D eigenvalue weighted by Gasteiger charge is 2.15. The van der Waals surface area contributed by atoms with Crippen molar-refractivity contribution in [3.63, 3.8) is 0 Å². The fraction of sp³-hybridized carbons (Fsp3) is 0.364. The number of anilines is 1. The Balaban J connectivity index is 1.41. The molecule has 3 rings (SSSR count). The van der Waals surface area contributed by atoms with Gasteiger partial charge < -0.3 is 4.90 Å². The van der Waals surface area contributed by atoms with Crippen molar-refractivity contribution in [1.82, 2.24) is 9.80 Å². The van der Waals surface area contributed by atoms with Gasteiger partial charge >= 0.3 is 0 Å². The molecule has 2 aromatic rings. The van der Waals surface area contributed by atoms with Crippen LogP contribution >= 0.6 is 0 Å². The van der Waals surface area contributed by atoms with Crippen molar-refractivity contribution in [2.45, 2.75) is 6.54 Å². The molecule has 0 radical (unpaired) electrons. The van der Waals surface area contributed by atoms with Gasteiger partial charge in [-0.15, -0.1) is 0 Å². The summed E-state index contributed by atoms with van der Waals surface area (Å²) < 4.78 is 0. The maximum Gasteiger partial charge on any atom is 0.0361 e. The van der Waals surface area contributed by atoms with Crippen LogP contribution in [0, 0.1) is 0 Å². The minimum absolute atomic E-state index is 1.04. The van der Waals surface area contributed by atoms with Crippen LogP contribution in [0.2, 0.25) is 0 Å². The zero-order chi connectivity index (χ0) is 17.5. The first-order chi connectivity index (χ1) is 12.2. The number of rotatable bonds is 6. The zero-order valence-corrected chi connectivity index (χ0v) is 15.4. The predicted octanol–water partition coefficient (Wildman–Crippen LogP) is 3.58. The minimum Gasteiger partial charge on any atom is -0.378 e. The first-order valence-electron chi connectivity index (χ1n) is 9.13. The molecule has 0 unspecified atom stereocenters. The van der Waals surface area contributed by atoms with E-state index in [4.69, 9.17) is 0 Å². The molecule has 0 bridgehead atoms. The highest BCUT2D eigenvalue weighted by molar-refractivity contribution is 5.55. The first kappa shape index (κ1) is 17.7. The van der Waals surface area contributed by atoms with Crippen molar-refractivity contribution in [3.05, 3.63) is 71.8 Å². The molecule has 0 aliphatic carbocycles. The summed E-state index contributed by atoms with van der Waals surface area (Å²) in [5.41, 5.74) is 3.93. The van der Waals surface area contributed by atoms with Crippen LogP contribution in [0.25, 0.3) is 6.08 Å². The Labute approximate surface area is 152 Å². The van der Waals surface area contributed by atoms with Crippen molar-refractivity contribution >= 4 is 11.8 Å². The minimum atomic E-state index is 1.04. The fourth-order valence-electron chi connectivity index (χ4n) is 3.19. The van der Waals surface area contributed by atoms with E-state index in [9.17, 15) is 0 Å². The fourth-order valence-corrected chi connectivity index (χ4v) is 3.19. The molecule has 1 saturated heterocycles. The molecule has 1 fully saturated rings. The van der Waals surface area contributed by atoms with Crippen LogP contribution in [-0.4, -0.2) is 56.6 Å². The Morgan fingerprint density at radius 1 is 0.840 bits per heavy atom. The van der Waals surface area contributed by atoms with Crippen LogP contribution in [0.1, 0.15) is 11.1 Å². The molecule has 0 saturated carbocycles. The largest absolute Gasteiger partial charge is 0.378 e. The van der Waals surface area contributed by atoms with Gasteiger partial charge in [-0.2, -0.15) is 0 Å². The van der Waals surface area contributed by atoms with Crippen LogP contribution < -0.4 is 4.90 Å². The van der Waals surface area contributed by atoms with Crippen LogP contribution in [0.15, 0.2) is 60.7 Å². The van der Waals surface area contributed by atoms with Crippen molar-refractivity contribution in [2.75, 3.05) is 51.7 Å². The summed E-state index contributed by atoms with van der Waals surface area (Å²) in [6.45, 7) is 6.71. The summed E-state index contributed by atoms with van der Waals surface area (Å²) in [6.07, 6.45) is 4.52. The Kier molecular flexibility index (Phi) is 6.26. The average Bonchev–Trinajstić information content (AvgIpc) is 2.64. The van der Waals surface area contributed by atoms with Crippen molar-refractivity contribution < 1.29 is 0 Å². The highest BCUT2D eigenvalue weighted by Crippen LogP contribution is 2.13. The third kappa shape index (κ3) is 5.45. The summed E-state index contributed by atoms with van der Waals surface area (Å²) in [5.74, 6) is 0. The first-order valence-corrected chi connectivity index (χ1v) is 9.13. The van der Waals surface area contributed by atoms with Crippen LogP contribution in [-0.2, 0) is 6.54 Å². The van der Waals surface area contributed by atoms with Crippen LogP contribution in [0.5, 0.6) is 0 Å². The second-order valence-electron chi connectivity index (χ2n) is 6.95. The van der Waals surface area contributed by atoms with Crippen LogP contribution in [0.3, 0.4) is 0 Å². The van der Waals surface area contributed by atoms with E-state index >= 15 is 0 Å². The Hall–Kier alpha value is -2.10. The Bertz CT molecular complexity index is 653. The standard InChI is InChI=1S/C22H29N3/c1-23(2)22-12-10-20(11-13-22)9-6-14-24-15-17-25(18-16-24)19-21-7-4-3-5-8-21/h3-13H,14-19H2,1-2H3. The van der Waals surface area contributed by atoms with Gasteiger partial charge in [0.05, 0.1) is 0 Å². The zero-order valence-electron chi connectivity index (χ0n) is 15.4. The predicted molar refractivity (Wildman–Crippen MR) is 108 cm³/mol. The molecule has 0 amide bonds. The van der Waals surface area contributed by atoms with Crippen molar-refractivity contribution in [1.29, 1.82) is 0 Å². The van der Waals surface area contributed by atoms with Gasteiger partial charge in [-0.3, -0.25) is 9.80 Å². The van der Waals surface area contributed by atoms with E-state index < -0.39 is 0 Å². The molecule has 2 aromatic carbocycles. The summed E-state index contributed by atoms with van der Waals surface area (Å²) in [5, 5.41) is 0. The summed E-state index contributed by atoms with van der Waals surface area (Å²) in [6, 6.07) is 19.5. The Morgan fingerprint density at radius 2 is 1.48 bits per heavy atom. The lowest BCUT2D eigenvalue weighted by Gasteiger charge is -2.34. The lowest BCUT2D eigenvalue weighted by Crippen LogP contribution is -2.45. The van der Waals surface area contributed by atoms with Gasteiger partial charge in [-0.05, 0) is 23.3 Å². The lowest BCUT2D eigenvalue weighted by molar-refractivity contribution is 0.137. The molecule has 0 spiro atoms. The molecule has 1 aliphatic rings. The SMILES string of the molecule is CN(C)c1ccc(C=CCN2CCN(Cc3ccccc3)CC2)cc1. The van der Waals surface area contributed by atoms with Crippen molar-refractivity contribution in [3.8, 4) is 0 Å². The van der Waals surface area contributed by atoms with Crippen molar-refractivity contribution in [2.24, 2.45) is 0 Å². The van der Waals surface area contributed by atoms with Gasteiger partial charge in [0.15, 0.2) is 0 Å². The van der Waals surface area contributed by atoms with Gasteiger partial charge in [0.25, 0.3) is 0 Å². The molecule has 1 heterocycles. The van der Waals surface area contributed by atoms with E-state index in [1.807, 2.05) is 0 Å². The number of hydrogen-bond acceptors (Lipinski definition) is 3. The monoisotopic (exact) mass is 335 g/mol. The quantitative estimate of drug-likeness (QED) is 0.799. The molecule has 25 heavy (non-hydrogen) atoms. The second-order valence-corrected chi connectivity index (χ2v) is 6.95. The highest BCUT2D eigenvalue weighted by atomic mass is 15.3. The molecule has 132 valence electrons. The van der Waals surface area contributed by atoms with E-state index in [0.717, 1.165) is 39.3 Å². The van der Waals surface area contributed by atoms with Crippen LogP contribution in [0.4, 0.5) is 5.69 Å². The third-order valence-corrected chi connectivity index (χ3v) is 4.80. The van der Waals surface area contributed by atoms with Gasteiger partial charge in [0.1, 0.15) is 0 Å². The molecular weight excluding hydrogens is 306 g/mol. The summed E-state index contributed by atoms with van der Waals surface area (Å²) >= 11 is 0. The van der Waals surface area contributed by atoms with Gasteiger partial charge in [0.2, 0.25) is 0 Å². The molecule has 0 aromatic heterocycles.